The zero-order chi connectivity index (χ0) is 19.8. The van der Waals surface area contributed by atoms with Crippen molar-refractivity contribution in [1.82, 2.24) is 5.32 Å². The molecule has 0 saturated carbocycles. The van der Waals surface area contributed by atoms with Crippen molar-refractivity contribution in [2.24, 2.45) is 0 Å². The number of ether oxygens (including phenoxy) is 1. The van der Waals surface area contributed by atoms with Crippen LogP contribution in [-0.2, 0) is 9.53 Å². The average molecular weight is 388 g/mol. The van der Waals surface area contributed by atoms with Crippen LogP contribution in [0.15, 0.2) is 48.5 Å². The number of amides is 1. The minimum atomic E-state index is -0.821. The Hall–Kier alpha value is -2.87. The van der Waals surface area contributed by atoms with Gasteiger partial charge in [0.2, 0.25) is 0 Å². The Morgan fingerprint density at radius 1 is 1.22 bits per heavy atom. The lowest BCUT2D eigenvalue weighted by Gasteiger charge is -2.17. The molecule has 0 spiro atoms. The summed E-state index contributed by atoms with van der Waals surface area (Å²) in [7, 11) is 1.25. The van der Waals surface area contributed by atoms with E-state index in [1.54, 1.807) is 0 Å². The maximum Gasteiger partial charge on any atom is 0.328 e. The maximum atomic E-state index is 12.9. The second kappa shape index (κ2) is 9.72. The van der Waals surface area contributed by atoms with Gasteiger partial charge in [-0.2, -0.15) is 11.8 Å². The van der Waals surface area contributed by atoms with Gasteiger partial charge in [-0.05, 0) is 35.6 Å². The lowest BCUT2D eigenvalue weighted by Crippen LogP contribution is -2.42. The third-order valence-electron chi connectivity index (χ3n) is 3.95. The maximum absolute atomic E-state index is 12.9. The quantitative estimate of drug-likeness (QED) is 0.423. The second-order valence-electron chi connectivity index (χ2n) is 5.68. The molecule has 2 aromatic carbocycles. The van der Waals surface area contributed by atoms with Crippen LogP contribution in [0.4, 0.5) is 5.69 Å². The van der Waals surface area contributed by atoms with E-state index < -0.39 is 22.8 Å². The first-order valence-corrected chi connectivity index (χ1v) is 9.58. The Balaban J connectivity index is 2.41. The van der Waals surface area contributed by atoms with Crippen LogP contribution in [0.3, 0.4) is 0 Å². The van der Waals surface area contributed by atoms with Crippen LogP contribution in [0, 0.1) is 10.1 Å². The molecule has 0 aromatic heterocycles. The van der Waals surface area contributed by atoms with Gasteiger partial charge >= 0.3 is 5.97 Å². The van der Waals surface area contributed by atoms with E-state index >= 15 is 0 Å². The van der Waals surface area contributed by atoms with Crippen molar-refractivity contribution in [1.29, 1.82) is 0 Å². The monoisotopic (exact) mass is 388 g/mol. The Kier molecular flexibility index (Phi) is 7.36. The molecule has 0 unspecified atom stereocenters. The highest BCUT2D eigenvalue weighted by Gasteiger charge is 2.24. The molecule has 0 fully saturated rings. The van der Waals surface area contributed by atoms with E-state index in [-0.39, 0.29) is 11.3 Å². The van der Waals surface area contributed by atoms with Crippen molar-refractivity contribution in [3.05, 3.63) is 64.2 Å². The zero-order valence-corrected chi connectivity index (χ0v) is 15.8. The summed E-state index contributed by atoms with van der Waals surface area (Å²) in [4.78, 5) is 35.4. The van der Waals surface area contributed by atoms with Gasteiger partial charge in [0.15, 0.2) is 0 Å². The van der Waals surface area contributed by atoms with Crippen LogP contribution in [-0.4, -0.2) is 42.0 Å². The molecule has 0 aliphatic rings. The number of nitro benzene ring substituents is 1. The summed E-state index contributed by atoms with van der Waals surface area (Å²) in [6, 6.07) is 12.4. The van der Waals surface area contributed by atoms with Gasteiger partial charge in [0.05, 0.1) is 17.6 Å². The highest BCUT2D eigenvalue weighted by atomic mass is 32.2. The van der Waals surface area contributed by atoms with Gasteiger partial charge in [-0.15, -0.1) is 0 Å². The highest BCUT2D eigenvalue weighted by molar-refractivity contribution is 7.98. The predicted octanol–water partition coefficient (Wildman–Crippen LogP) is 3.29. The minimum absolute atomic E-state index is 0.133. The van der Waals surface area contributed by atoms with Crippen LogP contribution in [0.25, 0.3) is 11.1 Å². The molecular weight excluding hydrogens is 368 g/mol. The average Bonchev–Trinajstić information content (AvgIpc) is 2.70. The first-order valence-electron chi connectivity index (χ1n) is 8.19. The number of nitrogens with zero attached hydrogens (tertiary/aromatic N) is 1. The Morgan fingerprint density at radius 2 is 1.93 bits per heavy atom. The molecule has 1 amide bonds. The number of rotatable bonds is 8. The number of carbonyl (C=O) groups excluding carboxylic acids is 2. The van der Waals surface area contributed by atoms with Crippen LogP contribution in [0.2, 0.25) is 0 Å². The molecule has 142 valence electrons. The van der Waals surface area contributed by atoms with Gasteiger partial charge in [0.25, 0.3) is 11.6 Å². The fourth-order valence-electron chi connectivity index (χ4n) is 2.57. The molecule has 2 aromatic rings. The molecule has 0 heterocycles. The van der Waals surface area contributed by atoms with E-state index in [9.17, 15) is 19.7 Å². The van der Waals surface area contributed by atoms with Gasteiger partial charge in [0, 0.05) is 12.1 Å². The molecule has 0 bridgehead atoms. The number of nitrogens with one attached hydrogen (secondary N) is 1. The minimum Gasteiger partial charge on any atom is -0.467 e. The number of nitro groups is 1. The number of hydrogen-bond donors (Lipinski definition) is 1. The molecular formula is C19H20N2O5S. The summed E-state index contributed by atoms with van der Waals surface area (Å²) in [6.07, 6.45) is 2.29. The summed E-state index contributed by atoms with van der Waals surface area (Å²) >= 11 is 1.54. The van der Waals surface area contributed by atoms with E-state index in [2.05, 4.69) is 5.32 Å². The Morgan fingerprint density at radius 3 is 2.52 bits per heavy atom. The SMILES string of the molecule is COC(=O)[C@H](CCSC)NC(=O)c1cc([N+](=O)[O-])ccc1-c1ccccc1. The summed E-state index contributed by atoms with van der Waals surface area (Å²) in [5, 5.41) is 13.8. The largest absolute Gasteiger partial charge is 0.467 e. The topological polar surface area (TPSA) is 98.5 Å². The van der Waals surface area contributed by atoms with Gasteiger partial charge < -0.3 is 10.1 Å². The Labute approximate surface area is 161 Å². The molecule has 0 aliphatic carbocycles. The van der Waals surface area contributed by atoms with Gasteiger partial charge in [-0.25, -0.2) is 4.79 Å². The van der Waals surface area contributed by atoms with E-state index in [1.807, 2.05) is 36.6 Å². The van der Waals surface area contributed by atoms with Gasteiger partial charge in [0.1, 0.15) is 6.04 Å². The van der Waals surface area contributed by atoms with E-state index in [4.69, 9.17) is 4.74 Å². The van der Waals surface area contributed by atoms with Crippen LogP contribution >= 0.6 is 11.8 Å². The Bertz CT molecular complexity index is 826. The standard InChI is InChI=1S/C19H20N2O5S/c1-26-19(23)17(10-11-27-2)20-18(22)16-12-14(21(24)25)8-9-15(16)13-6-4-3-5-7-13/h3-9,12,17H,10-11H2,1-2H3,(H,20,22)/t17-/m0/s1. The van der Waals surface area contributed by atoms with Gasteiger partial charge in [-0.1, -0.05) is 30.3 Å². The van der Waals surface area contributed by atoms with Crippen molar-refractivity contribution < 1.29 is 19.2 Å². The highest BCUT2D eigenvalue weighted by Crippen LogP contribution is 2.27. The van der Waals surface area contributed by atoms with Crippen molar-refractivity contribution in [3.63, 3.8) is 0 Å². The number of benzene rings is 2. The first-order chi connectivity index (χ1) is 13.0. The van der Waals surface area contributed by atoms with Gasteiger partial charge in [-0.3, -0.25) is 14.9 Å². The van der Waals surface area contributed by atoms with Crippen molar-refractivity contribution in [2.45, 2.75) is 12.5 Å². The van der Waals surface area contributed by atoms with Crippen LogP contribution in [0.1, 0.15) is 16.8 Å². The lowest BCUT2D eigenvalue weighted by atomic mass is 9.98. The smallest absolute Gasteiger partial charge is 0.328 e. The lowest BCUT2D eigenvalue weighted by molar-refractivity contribution is -0.384. The van der Waals surface area contributed by atoms with E-state index in [0.717, 1.165) is 5.56 Å². The van der Waals surface area contributed by atoms with E-state index in [0.29, 0.717) is 17.7 Å². The zero-order valence-electron chi connectivity index (χ0n) is 15.0. The number of thioether (sulfide) groups is 1. The fraction of sp³-hybridized carbons (Fsp3) is 0.263. The van der Waals surface area contributed by atoms with E-state index in [1.165, 1.54) is 37.1 Å². The summed E-state index contributed by atoms with van der Waals surface area (Å²) in [6.45, 7) is 0. The van der Waals surface area contributed by atoms with Crippen LogP contribution < -0.4 is 5.32 Å². The summed E-state index contributed by atoms with van der Waals surface area (Å²) in [5.41, 5.74) is 1.23. The summed E-state index contributed by atoms with van der Waals surface area (Å²) in [5.74, 6) is -0.460. The molecule has 0 saturated heterocycles. The first kappa shape index (κ1) is 20.4. The number of esters is 1. The normalized spacial score (nSPS) is 11.5. The molecule has 1 atom stereocenters. The second-order valence-corrected chi connectivity index (χ2v) is 6.67. The molecule has 7 nitrogen and oxygen atoms in total. The third kappa shape index (κ3) is 5.30. The number of non-ortho nitro benzene ring substituents is 1. The van der Waals surface area contributed by atoms with Crippen molar-refractivity contribution >= 4 is 29.3 Å². The summed E-state index contributed by atoms with van der Waals surface area (Å²) < 4.78 is 4.75. The van der Waals surface area contributed by atoms with Crippen molar-refractivity contribution in [2.75, 3.05) is 19.1 Å². The molecule has 1 N–H and O–H groups in total. The molecule has 8 heteroatoms. The fourth-order valence-corrected chi connectivity index (χ4v) is 3.04. The number of methoxy groups -OCH3 is 1. The molecule has 2 rings (SSSR count). The molecule has 27 heavy (non-hydrogen) atoms. The third-order valence-corrected chi connectivity index (χ3v) is 4.59. The van der Waals surface area contributed by atoms with Crippen molar-refractivity contribution in [3.8, 4) is 11.1 Å². The molecule has 0 aliphatic heterocycles. The predicted molar refractivity (Wildman–Crippen MR) is 105 cm³/mol. The number of carbonyl (C=O) groups is 2. The number of hydrogen-bond acceptors (Lipinski definition) is 6. The van der Waals surface area contributed by atoms with Crippen LogP contribution in [0.5, 0.6) is 0 Å². The molecule has 0 radical (unpaired) electrons.